The Morgan fingerprint density at radius 3 is 2.52 bits per heavy atom. The van der Waals surface area contributed by atoms with Crippen LogP contribution in [0.5, 0.6) is 5.75 Å². The summed E-state index contributed by atoms with van der Waals surface area (Å²) in [5.74, 6) is -1.39. The zero-order valence-corrected chi connectivity index (χ0v) is 13.7. The Hall–Kier alpha value is -2.61. The molecule has 0 bridgehead atoms. The predicted molar refractivity (Wildman–Crippen MR) is 85.8 cm³/mol. The van der Waals surface area contributed by atoms with E-state index < -0.39 is 23.4 Å². The number of ketones is 1. The number of nitrogens with one attached hydrogen (secondary N) is 1. The van der Waals surface area contributed by atoms with Gasteiger partial charge in [0, 0.05) is 11.5 Å². The molecule has 2 aliphatic carbocycles. The molecular weight excluding hydrogens is 352 g/mol. The number of carboxylic acid groups (broad SMARTS) is 1. The molecule has 0 unspecified atom stereocenters. The van der Waals surface area contributed by atoms with Crippen LogP contribution in [0, 0.1) is 11.8 Å². The maximum Gasteiger partial charge on any atom is 0.377 e. The van der Waals surface area contributed by atoms with E-state index in [-0.39, 0.29) is 11.9 Å². The van der Waals surface area contributed by atoms with Gasteiger partial charge in [-0.1, -0.05) is 11.6 Å². The number of carbonyl (C=O) groups is 2. The van der Waals surface area contributed by atoms with Crippen molar-refractivity contribution in [2.75, 3.05) is 0 Å². The fourth-order valence-corrected chi connectivity index (χ4v) is 2.49. The molecule has 1 aromatic carbocycles. The van der Waals surface area contributed by atoms with Gasteiger partial charge in [0.1, 0.15) is 11.9 Å². The van der Waals surface area contributed by atoms with Crippen molar-refractivity contribution >= 4 is 23.4 Å². The molecule has 0 spiro atoms. The summed E-state index contributed by atoms with van der Waals surface area (Å²) in [5.41, 5.74) is 0.0110. The van der Waals surface area contributed by atoms with Crippen LogP contribution in [0.15, 0.2) is 33.7 Å². The van der Waals surface area contributed by atoms with Crippen LogP contribution < -0.4 is 10.4 Å². The van der Waals surface area contributed by atoms with Gasteiger partial charge in [0.05, 0.1) is 17.0 Å². The number of aliphatic carboxylic acids is 1. The SMILES string of the molecule is O=C(O)[C@H]1C[C@@H]1C(=O)c1ccc(OC2CC2)c(Cl)c1.O=c1cn[nH]o1. The van der Waals surface area contributed by atoms with Crippen LogP contribution in [0.25, 0.3) is 0 Å². The van der Waals surface area contributed by atoms with E-state index in [0.29, 0.717) is 22.8 Å². The number of halogens is 1. The lowest BCUT2D eigenvalue weighted by Gasteiger charge is -2.08. The first-order valence-electron chi connectivity index (χ1n) is 7.68. The second-order valence-electron chi connectivity index (χ2n) is 5.88. The smallest absolute Gasteiger partial charge is 0.377 e. The standard InChI is InChI=1S/C14H13ClO4.C2H2N2O2/c15-11-5-7(1-4-12(11)19-8-2-3-8)13(16)9-6-10(9)14(17)18;5-2-1-3-4-6-2/h1,4-5,8-10H,2-3,6H2,(H,17,18);1,4H/t9-,10-;/m0./s1. The van der Waals surface area contributed by atoms with E-state index in [1.165, 1.54) is 0 Å². The third kappa shape index (κ3) is 4.48. The topological polar surface area (TPSA) is 122 Å². The molecule has 2 aromatic rings. The number of hydrogen-bond donors (Lipinski definition) is 2. The van der Waals surface area contributed by atoms with Crippen LogP contribution in [-0.2, 0) is 4.79 Å². The molecule has 1 aromatic heterocycles. The minimum Gasteiger partial charge on any atom is -0.489 e. The van der Waals surface area contributed by atoms with Gasteiger partial charge in [0.25, 0.3) is 0 Å². The van der Waals surface area contributed by atoms with Gasteiger partial charge in [-0.3, -0.25) is 9.59 Å². The Morgan fingerprint density at radius 1 is 1.32 bits per heavy atom. The van der Waals surface area contributed by atoms with Gasteiger partial charge in [-0.25, -0.2) is 4.79 Å². The highest BCUT2D eigenvalue weighted by atomic mass is 35.5. The molecule has 25 heavy (non-hydrogen) atoms. The van der Waals surface area contributed by atoms with Gasteiger partial charge in [0.15, 0.2) is 5.78 Å². The fraction of sp³-hybridized carbons (Fsp3) is 0.375. The minimum absolute atomic E-state index is 0.146. The molecule has 0 radical (unpaired) electrons. The van der Waals surface area contributed by atoms with Crippen LogP contribution in [0.2, 0.25) is 5.02 Å². The van der Waals surface area contributed by atoms with Gasteiger partial charge in [0.2, 0.25) is 0 Å². The van der Waals surface area contributed by atoms with Crippen molar-refractivity contribution in [1.29, 1.82) is 0 Å². The van der Waals surface area contributed by atoms with E-state index in [1.807, 2.05) is 5.27 Å². The molecule has 0 aliphatic heterocycles. The van der Waals surface area contributed by atoms with Gasteiger partial charge in [-0.05, 0) is 37.5 Å². The van der Waals surface area contributed by atoms with Crippen molar-refractivity contribution in [3.8, 4) is 5.75 Å². The highest BCUT2D eigenvalue weighted by Gasteiger charge is 2.48. The lowest BCUT2D eigenvalue weighted by molar-refractivity contribution is -0.138. The van der Waals surface area contributed by atoms with E-state index in [0.717, 1.165) is 19.0 Å². The average molecular weight is 367 g/mol. The summed E-state index contributed by atoms with van der Waals surface area (Å²) in [6.45, 7) is 0. The number of carboxylic acids is 1. The molecule has 2 fully saturated rings. The maximum absolute atomic E-state index is 12.1. The van der Waals surface area contributed by atoms with Crippen molar-refractivity contribution in [3.63, 3.8) is 0 Å². The molecule has 2 saturated carbocycles. The Labute approximate surface area is 146 Å². The van der Waals surface area contributed by atoms with Crippen LogP contribution in [0.1, 0.15) is 29.6 Å². The Balaban J connectivity index is 0.000000258. The molecule has 2 aliphatic rings. The first kappa shape index (κ1) is 17.2. The van der Waals surface area contributed by atoms with Crippen molar-refractivity contribution in [2.45, 2.75) is 25.4 Å². The maximum atomic E-state index is 12.1. The van der Waals surface area contributed by atoms with Gasteiger partial charge < -0.3 is 14.4 Å². The first-order valence-corrected chi connectivity index (χ1v) is 8.05. The average Bonchev–Trinajstić information content (AvgIpc) is 3.49. The summed E-state index contributed by atoms with van der Waals surface area (Å²) in [7, 11) is 0. The fourth-order valence-electron chi connectivity index (χ4n) is 2.26. The third-order valence-corrected chi connectivity index (χ3v) is 4.14. The van der Waals surface area contributed by atoms with E-state index in [1.54, 1.807) is 18.2 Å². The van der Waals surface area contributed by atoms with E-state index in [4.69, 9.17) is 21.4 Å². The molecule has 8 nitrogen and oxygen atoms in total. The first-order chi connectivity index (χ1) is 12.0. The number of aromatic nitrogens is 2. The number of aromatic amines is 1. The van der Waals surface area contributed by atoms with Crippen LogP contribution in [0.4, 0.5) is 0 Å². The minimum atomic E-state index is -0.905. The lowest BCUT2D eigenvalue weighted by Crippen LogP contribution is -2.08. The number of carbonyl (C=O) groups excluding carboxylic acids is 1. The summed E-state index contributed by atoms with van der Waals surface area (Å²) in [6, 6.07) is 4.91. The largest absolute Gasteiger partial charge is 0.489 e. The number of rotatable bonds is 5. The number of Topliss-reactive ketones (excluding diaryl/α,β-unsaturated/α-hetero) is 1. The molecule has 0 amide bonds. The second-order valence-corrected chi connectivity index (χ2v) is 6.29. The number of nitrogens with zero attached hydrogens (tertiary/aromatic N) is 1. The predicted octanol–water partition coefficient (Wildman–Crippen LogP) is 2.15. The van der Waals surface area contributed by atoms with Crippen molar-refractivity contribution in [2.24, 2.45) is 11.8 Å². The number of benzene rings is 1. The summed E-state index contributed by atoms with van der Waals surface area (Å²) in [4.78, 5) is 32.6. The van der Waals surface area contributed by atoms with Crippen molar-refractivity contribution < 1.29 is 24.0 Å². The van der Waals surface area contributed by atoms with Gasteiger partial charge in [-0.15, -0.1) is 10.4 Å². The summed E-state index contributed by atoms with van der Waals surface area (Å²) in [5, 5.41) is 14.4. The molecule has 4 rings (SSSR count). The number of ether oxygens (including phenoxy) is 1. The highest BCUT2D eigenvalue weighted by Crippen LogP contribution is 2.42. The Morgan fingerprint density at radius 2 is 2.08 bits per heavy atom. The molecular formula is C16H15ClN2O6. The van der Waals surface area contributed by atoms with E-state index in [9.17, 15) is 14.4 Å². The van der Waals surface area contributed by atoms with Crippen LogP contribution in [0.3, 0.4) is 0 Å². The van der Waals surface area contributed by atoms with Crippen LogP contribution >= 0.6 is 11.6 Å². The summed E-state index contributed by atoms with van der Waals surface area (Å²) in [6.07, 6.45) is 3.81. The quantitative estimate of drug-likeness (QED) is 0.777. The molecule has 132 valence electrons. The number of hydrogen-bond acceptors (Lipinski definition) is 6. The Bertz CT molecular complexity index is 824. The van der Waals surface area contributed by atoms with Gasteiger partial charge >= 0.3 is 11.6 Å². The normalized spacial score (nSPS) is 21.0. The molecule has 2 atom stereocenters. The Kier molecular flexibility index (Phi) is 4.89. The second kappa shape index (κ2) is 7.10. The van der Waals surface area contributed by atoms with Gasteiger partial charge in [-0.2, -0.15) is 0 Å². The third-order valence-electron chi connectivity index (χ3n) is 3.85. The van der Waals surface area contributed by atoms with Crippen LogP contribution in [-0.4, -0.2) is 33.3 Å². The van der Waals surface area contributed by atoms with Crippen molar-refractivity contribution in [1.82, 2.24) is 10.4 Å². The number of H-pyrrole nitrogens is 1. The molecule has 2 N–H and O–H groups in total. The monoisotopic (exact) mass is 366 g/mol. The zero-order chi connectivity index (χ0) is 18.0. The molecule has 9 heteroatoms. The van der Waals surface area contributed by atoms with Crippen molar-refractivity contribution in [3.05, 3.63) is 45.4 Å². The summed E-state index contributed by atoms with van der Waals surface area (Å²) < 4.78 is 9.63. The van der Waals surface area contributed by atoms with E-state index in [2.05, 4.69) is 9.62 Å². The highest BCUT2D eigenvalue weighted by molar-refractivity contribution is 6.32. The molecule has 0 saturated heterocycles. The lowest BCUT2D eigenvalue weighted by atomic mass is 10.1. The summed E-state index contributed by atoms with van der Waals surface area (Å²) >= 11 is 6.08. The zero-order valence-electron chi connectivity index (χ0n) is 13.0. The van der Waals surface area contributed by atoms with E-state index >= 15 is 0 Å². The molecule has 1 heterocycles.